The maximum Gasteiger partial charge on any atom is 0.337 e. The van der Waals surface area contributed by atoms with E-state index in [0.29, 0.717) is 27.7 Å². The molecule has 0 N–H and O–H groups in total. The molecule has 0 bridgehead atoms. The number of benzene rings is 2. The molecule has 2 aromatic heterocycles. The zero-order valence-electron chi connectivity index (χ0n) is 17.0. The third kappa shape index (κ3) is 3.45. The highest BCUT2D eigenvalue weighted by atomic mass is 35.5. The van der Waals surface area contributed by atoms with E-state index in [2.05, 4.69) is 0 Å². The van der Waals surface area contributed by atoms with Gasteiger partial charge in [-0.15, -0.1) is 11.3 Å². The molecule has 0 aliphatic heterocycles. The van der Waals surface area contributed by atoms with Crippen LogP contribution in [0.1, 0.15) is 34.4 Å². The number of hydrogen-bond acceptors (Lipinski definition) is 3. The lowest BCUT2D eigenvalue weighted by atomic mass is 9.97. The number of fused-ring (bicyclic) bond motifs is 3. The fourth-order valence-corrected chi connectivity index (χ4v) is 5.98. The van der Waals surface area contributed by atoms with Gasteiger partial charge < -0.3 is 0 Å². The van der Waals surface area contributed by atoms with Gasteiger partial charge in [0.25, 0.3) is 5.56 Å². The van der Waals surface area contributed by atoms with Crippen LogP contribution >= 0.6 is 34.5 Å². The molecule has 4 aromatic rings. The quantitative estimate of drug-likeness (QED) is 0.382. The van der Waals surface area contributed by atoms with E-state index < -0.39 is 0 Å². The molecule has 0 saturated heterocycles. The number of aromatic nitrogens is 2. The first-order valence-electron chi connectivity index (χ1n) is 10.3. The van der Waals surface area contributed by atoms with Crippen molar-refractivity contribution in [3.05, 3.63) is 94.9 Å². The Morgan fingerprint density at radius 2 is 1.77 bits per heavy atom. The Kier molecular flexibility index (Phi) is 5.29. The molecule has 1 aliphatic rings. The van der Waals surface area contributed by atoms with Gasteiger partial charge in [0.2, 0.25) is 0 Å². The van der Waals surface area contributed by atoms with E-state index >= 15 is 0 Å². The second-order valence-corrected chi connectivity index (χ2v) is 9.82. The summed E-state index contributed by atoms with van der Waals surface area (Å²) in [6.07, 6.45) is 4.00. The largest absolute Gasteiger partial charge is 0.337 e. The van der Waals surface area contributed by atoms with Crippen LogP contribution in [-0.4, -0.2) is 9.13 Å². The van der Waals surface area contributed by atoms with Crippen molar-refractivity contribution in [1.29, 1.82) is 0 Å². The van der Waals surface area contributed by atoms with Crippen molar-refractivity contribution in [2.45, 2.75) is 39.2 Å². The first kappa shape index (κ1) is 20.6. The summed E-state index contributed by atoms with van der Waals surface area (Å²) in [6.45, 7) is 2.44. The minimum Gasteiger partial charge on any atom is -0.279 e. The molecule has 0 saturated carbocycles. The zero-order chi connectivity index (χ0) is 21.7. The summed E-state index contributed by atoms with van der Waals surface area (Å²) in [5.74, 6) is 0. The molecular weight excluding hydrogens is 451 g/mol. The van der Waals surface area contributed by atoms with Gasteiger partial charge in [0.1, 0.15) is 4.83 Å². The Bertz CT molecular complexity index is 1450. The van der Waals surface area contributed by atoms with Crippen LogP contribution in [-0.2, 0) is 19.4 Å². The molecule has 0 spiro atoms. The lowest BCUT2D eigenvalue weighted by molar-refractivity contribution is 0.695. The normalized spacial score (nSPS) is 13.5. The van der Waals surface area contributed by atoms with Gasteiger partial charge in [-0.1, -0.05) is 47.5 Å². The van der Waals surface area contributed by atoms with Crippen LogP contribution in [0.15, 0.2) is 52.1 Å². The van der Waals surface area contributed by atoms with Gasteiger partial charge in [-0.25, -0.2) is 9.36 Å². The van der Waals surface area contributed by atoms with Crippen molar-refractivity contribution in [3.63, 3.8) is 0 Å². The van der Waals surface area contributed by atoms with Crippen LogP contribution in [0.25, 0.3) is 15.9 Å². The Labute approximate surface area is 193 Å². The van der Waals surface area contributed by atoms with Crippen LogP contribution in [0.5, 0.6) is 0 Å². The first-order valence-corrected chi connectivity index (χ1v) is 11.8. The Balaban J connectivity index is 1.85. The maximum absolute atomic E-state index is 13.7. The Morgan fingerprint density at radius 3 is 2.55 bits per heavy atom. The van der Waals surface area contributed by atoms with Crippen molar-refractivity contribution >= 4 is 44.8 Å². The van der Waals surface area contributed by atoms with Gasteiger partial charge in [0.15, 0.2) is 0 Å². The molecule has 0 fully saturated rings. The van der Waals surface area contributed by atoms with E-state index in [1.807, 2.05) is 31.2 Å². The molecule has 5 rings (SSSR count). The summed E-state index contributed by atoms with van der Waals surface area (Å²) >= 11 is 13.9. The zero-order valence-corrected chi connectivity index (χ0v) is 19.3. The highest BCUT2D eigenvalue weighted by Crippen LogP contribution is 2.35. The lowest BCUT2D eigenvalue weighted by Crippen LogP contribution is -2.39. The van der Waals surface area contributed by atoms with Crippen molar-refractivity contribution < 1.29 is 0 Å². The molecule has 4 nitrogen and oxygen atoms in total. The highest BCUT2D eigenvalue weighted by molar-refractivity contribution is 7.18. The van der Waals surface area contributed by atoms with Gasteiger partial charge in [0.05, 0.1) is 27.7 Å². The van der Waals surface area contributed by atoms with Crippen molar-refractivity contribution in [2.24, 2.45) is 0 Å². The highest BCUT2D eigenvalue weighted by Gasteiger charge is 2.24. The fraction of sp³-hybridized carbons (Fsp3) is 0.250. The predicted molar refractivity (Wildman–Crippen MR) is 129 cm³/mol. The van der Waals surface area contributed by atoms with E-state index in [-0.39, 0.29) is 11.2 Å². The van der Waals surface area contributed by atoms with Gasteiger partial charge in [-0.2, -0.15) is 0 Å². The van der Waals surface area contributed by atoms with E-state index in [4.69, 9.17) is 23.2 Å². The van der Waals surface area contributed by atoms with Crippen molar-refractivity contribution in [3.8, 4) is 5.69 Å². The van der Waals surface area contributed by atoms with Crippen LogP contribution in [0.4, 0.5) is 0 Å². The number of thiophene rings is 1. The molecule has 31 heavy (non-hydrogen) atoms. The summed E-state index contributed by atoms with van der Waals surface area (Å²) in [6, 6.07) is 12.9. The molecule has 0 radical (unpaired) electrons. The summed E-state index contributed by atoms with van der Waals surface area (Å²) in [4.78, 5) is 29.3. The average Bonchev–Trinajstić information content (AvgIpc) is 3.14. The predicted octanol–water partition coefficient (Wildman–Crippen LogP) is 5.76. The van der Waals surface area contributed by atoms with Crippen LogP contribution in [0.3, 0.4) is 0 Å². The standard InChI is InChI=1S/C24H20Cl2N2O2S/c1-14-6-2-3-7-15(14)13-27-23-21(17-8-4-5-9-20(17)31-23)22(29)28(24(27)30)16-10-11-18(25)19(26)12-16/h2-3,6-7,10-12H,4-5,8-9,13H2,1H3. The van der Waals surface area contributed by atoms with Gasteiger partial charge in [0, 0.05) is 4.88 Å². The molecule has 158 valence electrons. The summed E-state index contributed by atoms with van der Waals surface area (Å²) in [5, 5.41) is 1.36. The second kappa shape index (κ2) is 7.97. The summed E-state index contributed by atoms with van der Waals surface area (Å²) < 4.78 is 2.98. The number of halogens is 2. The monoisotopic (exact) mass is 470 g/mol. The van der Waals surface area contributed by atoms with E-state index in [0.717, 1.165) is 47.2 Å². The van der Waals surface area contributed by atoms with E-state index in [1.165, 1.54) is 9.44 Å². The van der Waals surface area contributed by atoms with Gasteiger partial charge in [-0.05, 0) is 67.5 Å². The molecule has 1 aliphatic carbocycles. The maximum atomic E-state index is 13.7. The Hall–Kier alpha value is -2.34. The number of nitrogens with zero attached hydrogens (tertiary/aromatic N) is 2. The van der Waals surface area contributed by atoms with Gasteiger partial charge in [-0.3, -0.25) is 9.36 Å². The number of rotatable bonds is 3. The number of aryl methyl sites for hydroxylation is 3. The van der Waals surface area contributed by atoms with E-state index in [1.54, 1.807) is 34.1 Å². The van der Waals surface area contributed by atoms with Crippen LogP contribution in [0, 0.1) is 6.92 Å². The summed E-state index contributed by atoms with van der Waals surface area (Å²) in [5.41, 5.74) is 3.05. The third-order valence-corrected chi connectivity index (χ3v) is 8.04. The molecular formula is C24H20Cl2N2O2S. The molecule has 0 amide bonds. The number of hydrogen-bond donors (Lipinski definition) is 0. The van der Waals surface area contributed by atoms with Crippen LogP contribution < -0.4 is 11.2 Å². The first-order chi connectivity index (χ1) is 15.0. The molecule has 0 atom stereocenters. The molecule has 7 heteroatoms. The minimum atomic E-state index is -0.363. The fourth-order valence-electron chi connectivity index (χ4n) is 4.32. The van der Waals surface area contributed by atoms with Crippen molar-refractivity contribution in [1.82, 2.24) is 9.13 Å². The molecule has 2 heterocycles. The topological polar surface area (TPSA) is 44.0 Å². The van der Waals surface area contributed by atoms with E-state index in [9.17, 15) is 9.59 Å². The third-order valence-electron chi connectivity index (χ3n) is 5.99. The molecule has 0 unspecified atom stereocenters. The SMILES string of the molecule is Cc1ccccc1Cn1c(=O)n(-c2ccc(Cl)c(Cl)c2)c(=O)c2c3c(sc21)CCCC3. The minimum absolute atomic E-state index is 0.279. The van der Waals surface area contributed by atoms with Crippen molar-refractivity contribution in [2.75, 3.05) is 0 Å². The summed E-state index contributed by atoms with van der Waals surface area (Å²) in [7, 11) is 0. The smallest absolute Gasteiger partial charge is 0.279 e. The Morgan fingerprint density at radius 1 is 1.00 bits per heavy atom. The lowest BCUT2D eigenvalue weighted by Gasteiger charge is -2.15. The average molecular weight is 471 g/mol. The van der Waals surface area contributed by atoms with Crippen LogP contribution in [0.2, 0.25) is 10.0 Å². The van der Waals surface area contributed by atoms with Gasteiger partial charge >= 0.3 is 5.69 Å². The molecule has 2 aromatic carbocycles. The second-order valence-electron chi connectivity index (χ2n) is 7.93.